The summed E-state index contributed by atoms with van der Waals surface area (Å²) in [7, 11) is 0. The van der Waals surface area contributed by atoms with Gasteiger partial charge in [-0.15, -0.1) is 0 Å². The molecule has 0 aliphatic heterocycles. The molecule has 1 aromatic heterocycles. The minimum atomic E-state index is 0.441. The Morgan fingerprint density at radius 2 is 2.22 bits per heavy atom. The van der Waals surface area contributed by atoms with Crippen LogP contribution in [0.4, 0.5) is 0 Å². The topological polar surface area (TPSA) is 38.1 Å². The molecule has 2 fully saturated rings. The molecule has 1 N–H and O–H groups in total. The zero-order valence-corrected chi connectivity index (χ0v) is 11.9. The highest BCUT2D eigenvalue weighted by Crippen LogP contribution is 2.65. The molecule has 1 aromatic rings. The first kappa shape index (κ1) is 12.2. The van der Waals surface area contributed by atoms with Gasteiger partial charge in [-0.05, 0) is 42.9 Å². The standard InChI is InChI=1S/C15H24N2O/c1-10-7-12(17-18-10)9-16-13-8-11-5-6-15(13,4)14(11,2)3/h7,11,13,16H,5-6,8-9H2,1-4H3. The second-order valence-corrected chi connectivity index (χ2v) is 6.97. The third kappa shape index (κ3) is 1.56. The zero-order chi connectivity index (χ0) is 13.0. The van der Waals surface area contributed by atoms with Crippen molar-refractivity contribution < 1.29 is 4.52 Å². The van der Waals surface area contributed by atoms with Crippen molar-refractivity contribution in [1.82, 2.24) is 10.5 Å². The Kier molecular flexibility index (Phi) is 2.60. The van der Waals surface area contributed by atoms with Crippen LogP contribution < -0.4 is 5.32 Å². The van der Waals surface area contributed by atoms with Gasteiger partial charge in [0.05, 0.1) is 5.69 Å². The smallest absolute Gasteiger partial charge is 0.133 e. The van der Waals surface area contributed by atoms with E-state index in [2.05, 4.69) is 31.2 Å². The van der Waals surface area contributed by atoms with E-state index in [0.717, 1.165) is 23.9 Å². The first-order chi connectivity index (χ1) is 8.43. The summed E-state index contributed by atoms with van der Waals surface area (Å²) in [5.74, 6) is 1.78. The van der Waals surface area contributed by atoms with Crippen molar-refractivity contribution in [3.63, 3.8) is 0 Å². The van der Waals surface area contributed by atoms with Crippen molar-refractivity contribution in [3.05, 3.63) is 17.5 Å². The summed E-state index contributed by atoms with van der Waals surface area (Å²) in [5, 5.41) is 7.78. The SMILES string of the molecule is Cc1cc(CNC2CC3CCC2(C)C3(C)C)no1. The molecule has 2 saturated carbocycles. The molecule has 0 spiro atoms. The molecule has 0 radical (unpaired) electrons. The lowest BCUT2D eigenvalue weighted by Crippen LogP contribution is -2.44. The molecule has 2 bridgehead atoms. The van der Waals surface area contributed by atoms with Crippen LogP contribution in [0.2, 0.25) is 0 Å². The van der Waals surface area contributed by atoms with Gasteiger partial charge in [0.25, 0.3) is 0 Å². The number of aryl methyl sites for hydroxylation is 1. The van der Waals surface area contributed by atoms with E-state index in [1.54, 1.807) is 0 Å². The lowest BCUT2D eigenvalue weighted by Gasteiger charge is -2.39. The van der Waals surface area contributed by atoms with Gasteiger partial charge < -0.3 is 9.84 Å². The largest absolute Gasteiger partial charge is 0.361 e. The quantitative estimate of drug-likeness (QED) is 0.892. The van der Waals surface area contributed by atoms with Gasteiger partial charge in [0.2, 0.25) is 0 Å². The lowest BCUT2D eigenvalue weighted by atomic mass is 9.69. The van der Waals surface area contributed by atoms with Crippen molar-refractivity contribution in [2.45, 2.75) is 59.5 Å². The van der Waals surface area contributed by atoms with Gasteiger partial charge in [-0.2, -0.15) is 0 Å². The average Bonchev–Trinajstić information content (AvgIpc) is 2.87. The van der Waals surface area contributed by atoms with Gasteiger partial charge in [0, 0.05) is 18.7 Å². The minimum Gasteiger partial charge on any atom is -0.361 e. The van der Waals surface area contributed by atoms with Gasteiger partial charge in [-0.1, -0.05) is 25.9 Å². The molecular formula is C15H24N2O. The Labute approximate surface area is 109 Å². The molecule has 0 aromatic carbocycles. The predicted octanol–water partition coefficient (Wildman–Crippen LogP) is 3.29. The molecule has 0 amide bonds. The van der Waals surface area contributed by atoms with Crippen LogP contribution >= 0.6 is 0 Å². The van der Waals surface area contributed by atoms with Gasteiger partial charge in [-0.3, -0.25) is 0 Å². The van der Waals surface area contributed by atoms with E-state index in [9.17, 15) is 0 Å². The fourth-order valence-corrected chi connectivity index (χ4v) is 4.24. The van der Waals surface area contributed by atoms with Crippen molar-refractivity contribution in [2.75, 3.05) is 0 Å². The lowest BCUT2D eigenvalue weighted by molar-refractivity contribution is 0.120. The fourth-order valence-electron chi connectivity index (χ4n) is 4.24. The van der Waals surface area contributed by atoms with Crippen molar-refractivity contribution in [3.8, 4) is 0 Å². The highest BCUT2D eigenvalue weighted by atomic mass is 16.5. The predicted molar refractivity (Wildman–Crippen MR) is 71.1 cm³/mol. The monoisotopic (exact) mass is 248 g/mol. The summed E-state index contributed by atoms with van der Waals surface area (Å²) in [5.41, 5.74) is 1.94. The second kappa shape index (κ2) is 3.83. The van der Waals surface area contributed by atoms with Crippen LogP contribution in [0.15, 0.2) is 10.6 Å². The minimum absolute atomic E-state index is 0.441. The second-order valence-electron chi connectivity index (χ2n) is 6.97. The molecule has 3 rings (SSSR count). The van der Waals surface area contributed by atoms with Gasteiger partial charge in [-0.25, -0.2) is 0 Å². The van der Waals surface area contributed by atoms with Crippen molar-refractivity contribution >= 4 is 0 Å². The van der Waals surface area contributed by atoms with E-state index >= 15 is 0 Å². The molecule has 2 aliphatic rings. The van der Waals surface area contributed by atoms with Crippen molar-refractivity contribution in [1.29, 1.82) is 0 Å². The number of nitrogens with zero attached hydrogens (tertiary/aromatic N) is 1. The average molecular weight is 248 g/mol. The Hall–Kier alpha value is -0.830. The molecular weight excluding hydrogens is 224 g/mol. The Morgan fingerprint density at radius 1 is 1.44 bits per heavy atom. The molecule has 1 heterocycles. The summed E-state index contributed by atoms with van der Waals surface area (Å²) < 4.78 is 5.12. The summed E-state index contributed by atoms with van der Waals surface area (Å²) in [6.45, 7) is 10.1. The van der Waals surface area contributed by atoms with Crippen LogP contribution in [0.5, 0.6) is 0 Å². The molecule has 3 heteroatoms. The molecule has 3 atom stereocenters. The summed E-state index contributed by atoms with van der Waals surface area (Å²) in [6.07, 6.45) is 4.09. The third-order valence-electron chi connectivity index (χ3n) is 6.00. The van der Waals surface area contributed by atoms with E-state index in [-0.39, 0.29) is 0 Å². The molecule has 100 valence electrons. The van der Waals surface area contributed by atoms with E-state index in [1.807, 2.05) is 13.0 Å². The molecule has 2 aliphatic carbocycles. The fraction of sp³-hybridized carbons (Fsp3) is 0.800. The third-order valence-corrected chi connectivity index (χ3v) is 6.00. The van der Waals surface area contributed by atoms with E-state index in [1.165, 1.54) is 19.3 Å². The highest BCUT2D eigenvalue weighted by Gasteiger charge is 2.60. The number of aromatic nitrogens is 1. The number of nitrogens with one attached hydrogen (secondary N) is 1. The number of hydrogen-bond donors (Lipinski definition) is 1. The summed E-state index contributed by atoms with van der Waals surface area (Å²) in [4.78, 5) is 0. The summed E-state index contributed by atoms with van der Waals surface area (Å²) in [6, 6.07) is 2.65. The molecule has 18 heavy (non-hydrogen) atoms. The zero-order valence-electron chi connectivity index (χ0n) is 11.9. The van der Waals surface area contributed by atoms with E-state index in [4.69, 9.17) is 4.52 Å². The molecule has 3 nitrogen and oxygen atoms in total. The van der Waals surface area contributed by atoms with Crippen LogP contribution in [-0.4, -0.2) is 11.2 Å². The first-order valence-electron chi connectivity index (χ1n) is 7.09. The maximum Gasteiger partial charge on any atom is 0.133 e. The highest BCUT2D eigenvalue weighted by molar-refractivity contribution is 5.13. The van der Waals surface area contributed by atoms with Gasteiger partial charge >= 0.3 is 0 Å². The molecule has 3 unspecified atom stereocenters. The number of fused-ring (bicyclic) bond motifs is 2. The number of hydrogen-bond acceptors (Lipinski definition) is 3. The van der Waals surface area contributed by atoms with Gasteiger partial charge in [0.15, 0.2) is 0 Å². The Bertz CT molecular complexity index is 451. The maximum atomic E-state index is 5.12. The van der Waals surface area contributed by atoms with Crippen LogP contribution in [0.25, 0.3) is 0 Å². The normalized spacial score (nSPS) is 37.3. The summed E-state index contributed by atoms with van der Waals surface area (Å²) >= 11 is 0. The first-order valence-corrected chi connectivity index (χ1v) is 7.09. The van der Waals surface area contributed by atoms with Crippen LogP contribution in [-0.2, 0) is 6.54 Å². The van der Waals surface area contributed by atoms with E-state index < -0.39 is 0 Å². The van der Waals surface area contributed by atoms with Crippen LogP contribution in [0, 0.1) is 23.7 Å². The van der Waals surface area contributed by atoms with E-state index in [0.29, 0.717) is 16.9 Å². The van der Waals surface area contributed by atoms with Crippen molar-refractivity contribution in [2.24, 2.45) is 16.7 Å². The maximum absolute atomic E-state index is 5.12. The van der Waals surface area contributed by atoms with Crippen LogP contribution in [0.1, 0.15) is 51.5 Å². The van der Waals surface area contributed by atoms with Gasteiger partial charge in [0.1, 0.15) is 5.76 Å². The Balaban J connectivity index is 1.69. The van der Waals surface area contributed by atoms with Crippen LogP contribution in [0.3, 0.4) is 0 Å². The number of rotatable bonds is 3. The Morgan fingerprint density at radius 3 is 2.72 bits per heavy atom. The molecule has 0 saturated heterocycles.